The highest BCUT2D eigenvalue weighted by Crippen LogP contribution is 2.29. The van der Waals surface area contributed by atoms with Crippen molar-refractivity contribution in [3.8, 4) is 0 Å². The van der Waals surface area contributed by atoms with Gasteiger partial charge in [0.05, 0.1) is 4.92 Å². The van der Waals surface area contributed by atoms with Crippen molar-refractivity contribution in [1.82, 2.24) is 9.80 Å². The fourth-order valence-electron chi connectivity index (χ4n) is 3.31. The van der Waals surface area contributed by atoms with Crippen LogP contribution in [-0.2, 0) is 16.1 Å². The molecular weight excluding hydrogens is 426 g/mol. The van der Waals surface area contributed by atoms with Crippen molar-refractivity contribution in [2.75, 3.05) is 32.8 Å². The number of nitro groups is 1. The van der Waals surface area contributed by atoms with Gasteiger partial charge in [-0.2, -0.15) is 0 Å². The Labute approximate surface area is 180 Å². The molecule has 0 N–H and O–H groups in total. The van der Waals surface area contributed by atoms with Gasteiger partial charge in [-0.05, 0) is 23.6 Å². The summed E-state index contributed by atoms with van der Waals surface area (Å²) in [4.78, 5) is 40.8. The maximum Gasteiger partial charge on any atom is 0.348 e. The van der Waals surface area contributed by atoms with Gasteiger partial charge in [-0.1, -0.05) is 6.07 Å². The Balaban J connectivity index is 1.28. The summed E-state index contributed by atoms with van der Waals surface area (Å²) < 4.78 is 5.95. The number of esters is 1. The number of non-ortho nitro benzene ring substituents is 1. The van der Waals surface area contributed by atoms with Gasteiger partial charge in [-0.25, -0.2) is 4.79 Å². The topological polar surface area (TPSA) is 93.0 Å². The van der Waals surface area contributed by atoms with E-state index < -0.39 is 10.9 Å². The van der Waals surface area contributed by atoms with Crippen molar-refractivity contribution >= 4 is 50.3 Å². The van der Waals surface area contributed by atoms with Crippen molar-refractivity contribution in [3.63, 3.8) is 0 Å². The molecule has 1 amide bonds. The number of benzene rings is 1. The van der Waals surface area contributed by atoms with E-state index in [-0.39, 0.29) is 18.2 Å². The second-order valence-electron chi connectivity index (χ2n) is 6.90. The number of ether oxygens (including phenoxy) is 1. The van der Waals surface area contributed by atoms with E-state index >= 15 is 0 Å². The van der Waals surface area contributed by atoms with Gasteiger partial charge < -0.3 is 9.64 Å². The molecule has 1 aromatic carbocycles. The number of carbonyl (C=O) groups is 2. The highest BCUT2D eigenvalue weighted by Gasteiger charge is 2.23. The molecule has 0 radical (unpaired) electrons. The molecule has 1 saturated heterocycles. The Kier molecular flexibility index (Phi) is 6.07. The van der Waals surface area contributed by atoms with Crippen LogP contribution in [0.5, 0.6) is 0 Å². The molecule has 1 aliphatic rings. The monoisotopic (exact) mass is 445 g/mol. The number of amides is 1. The summed E-state index contributed by atoms with van der Waals surface area (Å²) in [6, 6.07) is 10.1. The molecule has 3 aromatic rings. The summed E-state index contributed by atoms with van der Waals surface area (Å²) in [6.07, 6.45) is 0. The summed E-state index contributed by atoms with van der Waals surface area (Å²) in [7, 11) is 0. The first kappa shape index (κ1) is 20.5. The third-order valence-electron chi connectivity index (χ3n) is 4.92. The Morgan fingerprint density at radius 2 is 1.93 bits per heavy atom. The van der Waals surface area contributed by atoms with Crippen LogP contribution in [-0.4, -0.2) is 59.4 Å². The van der Waals surface area contributed by atoms with E-state index in [0.717, 1.165) is 24.3 Å². The number of piperazine rings is 1. The Hall–Kier alpha value is -2.82. The lowest BCUT2D eigenvalue weighted by molar-refractivity contribution is -0.384. The molecule has 0 spiro atoms. The number of carbonyl (C=O) groups excluding carboxylic acids is 2. The van der Waals surface area contributed by atoms with Gasteiger partial charge in [0.2, 0.25) is 0 Å². The van der Waals surface area contributed by atoms with Crippen LogP contribution in [0, 0.1) is 10.1 Å². The normalized spacial score (nSPS) is 14.7. The van der Waals surface area contributed by atoms with Crippen molar-refractivity contribution in [2.24, 2.45) is 0 Å². The molecule has 0 saturated carbocycles. The zero-order chi connectivity index (χ0) is 21.1. The number of thiophene rings is 2. The van der Waals surface area contributed by atoms with Gasteiger partial charge in [-0.15, -0.1) is 22.7 Å². The lowest BCUT2D eigenvalue weighted by Crippen LogP contribution is -2.49. The van der Waals surface area contributed by atoms with Crippen LogP contribution in [0.4, 0.5) is 5.69 Å². The maximum absolute atomic E-state index is 12.4. The number of fused-ring (bicyclic) bond motifs is 1. The van der Waals surface area contributed by atoms with E-state index in [0.29, 0.717) is 23.4 Å². The van der Waals surface area contributed by atoms with E-state index in [2.05, 4.69) is 16.3 Å². The number of hydrogen-bond acceptors (Lipinski definition) is 8. The standard InChI is InChI=1S/C20H19N3O5S2/c24-19(22-7-5-21(6-8-22)12-16-2-1-9-29-16)13-28-20(25)18-11-14-10-15(23(26)27)3-4-17(14)30-18/h1-4,9-11H,5-8,12-13H2. The van der Waals surface area contributed by atoms with Crippen LogP contribution in [0.3, 0.4) is 0 Å². The Bertz CT molecular complexity index is 1070. The number of nitrogens with zero attached hydrogens (tertiary/aromatic N) is 3. The van der Waals surface area contributed by atoms with Gasteiger partial charge in [-0.3, -0.25) is 19.8 Å². The predicted molar refractivity (Wildman–Crippen MR) is 115 cm³/mol. The molecule has 30 heavy (non-hydrogen) atoms. The molecule has 0 aliphatic carbocycles. The number of nitro benzene ring substituents is 1. The van der Waals surface area contributed by atoms with Crippen molar-refractivity contribution in [3.05, 3.63) is 61.6 Å². The molecule has 2 aromatic heterocycles. The van der Waals surface area contributed by atoms with E-state index in [1.807, 2.05) is 6.07 Å². The van der Waals surface area contributed by atoms with E-state index in [1.165, 1.54) is 28.3 Å². The van der Waals surface area contributed by atoms with Crippen LogP contribution in [0.1, 0.15) is 14.5 Å². The molecule has 10 heteroatoms. The minimum Gasteiger partial charge on any atom is -0.451 e. The highest BCUT2D eigenvalue weighted by molar-refractivity contribution is 7.20. The molecule has 156 valence electrons. The largest absolute Gasteiger partial charge is 0.451 e. The van der Waals surface area contributed by atoms with Gasteiger partial charge >= 0.3 is 5.97 Å². The summed E-state index contributed by atoms with van der Waals surface area (Å²) in [6.45, 7) is 3.36. The van der Waals surface area contributed by atoms with Gasteiger partial charge in [0.25, 0.3) is 11.6 Å². The molecule has 1 fully saturated rings. The minimum absolute atomic E-state index is 0.0337. The third-order valence-corrected chi connectivity index (χ3v) is 6.88. The molecule has 3 heterocycles. The quantitative estimate of drug-likeness (QED) is 0.328. The van der Waals surface area contributed by atoms with Crippen LogP contribution in [0.2, 0.25) is 0 Å². The van der Waals surface area contributed by atoms with Crippen LogP contribution in [0.25, 0.3) is 10.1 Å². The van der Waals surface area contributed by atoms with Gasteiger partial charge in [0.15, 0.2) is 6.61 Å². The Morgan fingerprint density at radius 3 is 2.63 bits per heavy atom. The highest BCUT2D eigenvalue weighted by atomic mass is 32.1. The van der Waals surface area contributed by atoms with E-state index in [9.17, 15) is 19.7 Å². The summed E-state index contributed by atoms with van der Waals surface area (Å²) in [5.74, 6) is -0.806. The van der Waals surface area contributed by atoms with E-state index in [4.69, 9.17) is 4.74 Å². The maximum atomic E-state index is 12.4. The summed E-state index contributed by atoms with van der Waals surface area (Å²) >= 11 is 2.91. The van der Waals surface area contributed by atoms with Crippen LogP contribution >= 0.6 is 22.7 Å². The third kappa shape index (κ3) is 4.66. The number of rotatable bonds is 6. The zero-order valence-corrected chi connectivity index (χ0v) is 17.6. The summed E-state index contributed by atoms with van der Waals surface area (Å²) in [5.41, 5.74) is -0.0337. The van der Waals surface area contributed by atoms with Crippen molar-refractivity contribution < 1.29 is 19.2 Å². The number of hydrogen-bond donors (Lipinski definition) is 0. The Morgan fingerprint density at radius 1 is 1.13 bits per heavy atom. The predicted octanol–water partition coefficient (Wildman–Crippen LogP) is 3.37. The molecule has 1 aliphatic heterocycles. The molecule has 0 unspecified atom stereocenters. The molecule has 0 atom stereocenters. The lowest BCUT2D eigenvalue weighted by Gasteiger charge is -2.34. The fraction of sp³-hybridized carbons (Fsp3) is 0.300. The smallest absolute Gasteiger partial charge is 0.348 e. The lowest BCUT2D eigenvalue weighted by atomic mass is 10.2. The average molecular weight is 446 g/mol. The van der Waals surface area contributed by atoms with Crippen LogP contribution in [0.15, 0.2) is 41.8 Å². The molecule has 8 nitrogen and oxygen atoms in total. The van der Waals surface area contributed by atoms with Gasteiger partial charge in [0, 0.05) is 59.8 Å². The molecule has 4 rings (SSSR count). The summed E-state index contributed by atoms with van der Waals surface area (Å²) in [5, 5.41) is 13.5. The van der Waals surface area contributed by atoms with Gasteiger partial charge in [0.1, 0.15) is 4.88 Å². The zero-order valence-electron chi connectivity index (χ0n) is 16.0. The first-order chi connectivity index (χ1) is 14.5. The fourth-order valence-corrected chi connectivity index (χ4v) is 5.00. The average Bonchev–Trinajstić information content (AvgIpc) is 3.41. The second-order valence-corrected chi connectivity index (χ2v) is 9.02. The molecule has 0 bridgehead atoms. The van der Waals surface area contributed by atoms with Crippen molar-refractivity contribution in [2.45, 2.75) is 6.54 Å². The minimum atomic E-state index is -0.594. The van der Waals surface area contributed by atoms with E-state index in [1.54, 1.807) is 28.4 Å². The SMILES string of the molecule is O=C(OCC(=O)N1CCN(Cc2cccs2)CC1)c1cc2cc([N+](=O)[O-])ccc2s1. The molecular formula is C20H19N3O5S2. The second kappa shape index (κ2) is 8.90. The first-order valence-electron chi connectivity index (χ1n) is 9.37. The van der Waals surface area contributed by atoms with Crippen molar-refractivity contribution in [1.29, 1.82) is 0 Å². The first-order valence-corrected chi connectivity index (χ1v) is 11.1. The van der Waals surface area contributed by atoms with Crippen LogP contribution < -0.4 is 0 Å².